The van der Waals surface area contributed by atoms with Crippen LogP contribution in [0.3, 0.4) is 0 Å². The third kappa shape index (κ3) is 4.00. The Morgan fingerprint density at radius 3 is 2.59 bits per heavy atom. The molecule has 3 rings (SSSR count). The van der Waals surface area contributed by atoms with Crippen molar-refractivity contribution in [2.24, 2.45) is 0 Å². The fourth-order valence-electron chi connectivity index (χ4n) is 3.02. The molecule has 0 spiro atoms. The van der Waals surface area contributed by atoms with Gasteiger partial charge in [-0.25, -0.2) is 8.42 Å². The largest absolute Gasteiger partial charge is 0.494 e. The van der Waals surface area contributed by atoms with Crippen molar-refractivity contribution in [3.05, 3.63) is 42.5 Å². The molecule has 0 aliphatic carbocycles. The summed E-state index contributed by atoms with van der Waals surface area (Å²) >= 11 is 0. The minimum absolute atomic E-state index is 0.0345. The molecule has 27 heavy (non-hydrogen) atoms. The first-order valence-electron chi connectivity index (χ1n) is 8.69. The normalized spacial score (nSPS) is 14.3. The Hall–Kier alpha value is -2.74. The summed E-state index contributed by atoms with van der Waals surface area (Å²) in [5.41, 5.74) is 0.978. The predicted molar refractivity (Wildman–Crippen MR) is 103 cm³/mol. The first-order chi connectivity index (χ1) is 13.0. The summed E-state index contributed by atoms with van der Waals surface area (Å²) < 4.78 is 38.9. The maximum atomic E-state index is 12.8. The summed E-state index contributed by atoms with van der Waals surface area (Å²) in [4.78, 5) is 13.7. The van der Waals surface area contributed by atoms with Gasteiger partial charge in [0, 0.05) is 19.0 Å². The molecule has 0 unspecified atom stereocenters. The third-order valence-electron chi connectivity index (χ3n) is 4.23. The van der Waals surface area contributed by atoms with Crippen molar-refractivity contribution >= 4 is 27.3 Å². The van der Waals surface area contributed by atoms with Crippen molar-refractivity contribution in [2.75, 3.05) is 29.9 Å². The Balaban J connectivity index is 1.90. The highest BCUT2D eigenvalue weighted by Crippen LogP contribution is 2.35. The fourth-order valence-corrected chi connectivity index (χ4v) is 4.22. The molecule has 0 bridgehead atoms. The topological polar surface area (TPSA) is 84.9 Å². The quantitative estimate of drug-likeness (QED) is 0.786. The van der Waals surface area contributed by atoms with Gasteiger partial charge < -0.3 is 14.4 Å². The lowest BCUT2D eigenvalue weighted by molar-refractivity contribution is -0.117. The molecule has 0 radical (unpaired) electrons. The number of ether oxygens (including phenoxy) is 2. The molecule has 1 saturated heterocycles. The van der Waals surface area contributed by atoms with Crippen LogP contribution in [0.15, 0.2) is 47.4 Å². The number of benzene rings is 2. The molecular formula is C19H22N2O5S. The van der Waals surface area contributed by atoms with Crippen molar-refractivity contribution < 1.29 is 22.7 Å². The van der Waals surface area contributed by atoms with E-state index in [2.05, 4.69) is 4.72 Å². The third-order valence-corrected chi connectivity index (χ3v) is 5.66. The van der Waals surface area contributed by atoms with Crippen molar-refractivity contribution in [3.8, 4) is 11.5 Å². The Morgan fingerprint density at radius 2 is 1.93 bits per heavy atom. The number of anilines is 2. The summed E-state index contributed by atoms with van der Waals surface area (Å²) in [7, 11) is -2.36. The van der Waals surface area contributed by atoms with Crippen LogP contribution in [0.25, 0.3) is 0 Å². The van der Waals surface area contributed by atoms with Crippen LogP contribution in [-0.4, -0.2) is 34.6 Å². The lowest BCUT2D eigenvalue weighted by atomic mass is 10.2. The van der Waals surface area contributed by atoms with Crippen molar-refractivity contribution in [3.63, 3.8) is 0 Å². The highest BCUT2D eigenvalue weighted by atomic mass is 32.2. The molecule has 0 saturated carbocycles. The molecule has 1 amide bonds. The zero-order valence-corrected chi connectivity index (χ0v) is 16.1. The summed E-state index contributed by atoms with van der Waals surface area (Å²) in [6.45, 7) is 2.78. The van der Waals surface area contributed by atoms with Gasteiger partial charge in [-0.15, -0.1) is 0 Å². The average Bonchev–Trinajstić information content (AvgIpc) is 3.07. The number of amides is 1. The number of para-hydroxylation sites is 1. The summed E-state index contributed by atoms with van der Waals surface area (Å²) in [5, 5.41) is 0. The van der Waals surface area contributed by atoms with E-state index in [4.69, 9.17) is 9.47 Å². The summed E-state index contributed by atoms with van der Waals surface area (Å²) in [6, 6.07) is 11.3. The molecule has 7 nitrogen and oxygen atoms in total. The van der Waals surface area contributed by atoms with E-state index in [1.54, 1.807) is 48.2 Å². The number of hydrogen-bond donors (Lipinski definition) is 1. The van der Waals surface area contributed by atoms with E-state index < -0.39 is 10.0 Å². The molecule has 144 valence electrons. The summed E-state index contributed by atoms with van der Waals surface area (Å²) in [5.74, 6) is 0.759. The molecule has 1 aliphatic rings. The van der Waals surface area contributed by atoms with E-state index in [1.807, 2.05) is 0 Å². The maximum Gasteiger partial charge on any atom is 0.265 e. The Morgan fingerprint density at radius 1 is 1.15 bits per heavy atom. The number of methoxy groups -OCH3 is 1. The second kappa shape index (κ2) is 7.87. The first-order valence-corrected chi connectivity index (χ1v) is 10.2. The van der Waals surface area contributed by atoms with Gasteiger partial charge in [-0.2, -0.15) is 0 Å². The molecule has 2 aromatic carbocycles. The molecule has 1 heterocycles. The predicted octanol–water partition coefficient (Wildman–Crippen LogP) is 3.02. The number of rotatable bonds is 7. The smallest absolute Gasteiger partial charge is 0.265 e. The number of nitrogens with one attached hydrogen (secondary N) is 1. The number of hydrogen-bond acceptors (Lipinski definition) is 5. The SMILES string of the molecule is CCOc1ccccc1S(=O)(=O)Nc1ccc(N2CCCC2=O)c(OC)c1. The Labute approximate surface area is 158 Å². The molecule has 8 heteroatoms. The van der Waals surface area contributed by atoms with Gasteiger partial charge in [0.05, 0.1) is 25.1 Å². The van der Waals surface area contributed by atoms with Crippen LogP contribution >= 0.6 is 0 Å². The van der Waals surface area contributed by atoms with Crippen LogP contribution in [0.2, 0.25) is 0 Å². The van der Waals surface area contributed by atoms with Gasteiger partial charge in [0.1, 0.15) is 16.4 Å². The highest BCUT2D eigenvalue weighted by Gasteiger charge is 2.25. The zero-order chi connectivity index (χ0) is 19.4. The zero-order valence-electron chi connectivity index (χ0n) is 15.3. The molecular weight excluding hydrogens is 368 g/mol. The van der Waals surface area contributed by atoms with Gasteiger partial charge in [0.25, 0.3) is 10.0 Å². The highest BCUT2D eigenvalue weighted by molar-refractivity contribution is 7.92. The first kappa shape index (κ1) is 19.0. The van der Waals surface area contributed by atoms with E-state index in [0.29, 0.717) is 42.4 Å². The van der Waals surface area contributed by atoms with Crippen LogP contribution in [-0.2, 0) is 14.8 Å². The van der Waals surface area contributed by atoms with Gasteiger partial charge in [-0.3, -0.25) is 9.52 Å². The number of carbonyl (C=O) groups excluding carboxylic acids is 1. The fraction of sp³-hybridized carbons (Fsp3) is 0.316. The van der Waals surface area contributed by atoms with E-state index in [1.165, 1.54) is 13.2 Å². The second-order valence-electron chi connectivity index (χ2n) is 6.02. The van der Waals surface area contributed by atoms with Crippen LogP contribution in [0.5, 0.6) is 11.5 Å². The van der Waals surface area contributed by atoms with Gasteiger partial charge in [0.2, 0.25) is 5.91 Å². The Kier molecular flexibility index (Phi) is 5.55. The lowest BCUT2D eigenvalue weighted by Crippen LogP contribution is -2.24. The Bertz CT molecular complexity index is 943. The standard InChI is InChI=1S/C19H22N2O5S/c1-3-26-16-7-4-5-8-18(16)27(23,24)20-14-10-11-15(17(13-14)25-2)21-12-6-9-19(21)22/h4-5,7-8,10-11,13,20H,3,6,9,12H2,1-2H3. The van der Waals surface area contributed by atoms with Crippen molar-refractivity contribution in [1.29, 1.82) is 0 Å². The molecule has 1 aliphatic heterocycles. The molecule has 2 aromatic rings. The van der Waals surface area contributed by atoms with E-state index >= 15 is 0 Å². The van der Waals surface area contributed by atoms with E-state index in [9.17, 15) is 13.2 Å². The minimum atomic E-state index is -3.84. The van der Waals surface area contributed by atoms with Crippen LogP contribution in [0.4, 0.5) is 11.4 Å². The number of carbonyl (C=O) groups is 1. The molecule has 1 fully saturated rings. The summed E-state index contributed by atoms with van der Waals surface area (Å²) in [6.07, 6.45) is 1.30. The maximum absolute atomic E-state index is 12.8. The molecule has 0 atom stereocenters. The number of nitrogens with zero attached hydrogens (tertiary/aromatic N) is 1. The molecule has 1 N–H and O–H groups in total. The second-order valence-corrected chi connectivity index (χ2v) is 7.67. The van der Waals surface area contributed by atoms with Crippen molar-refractivity contribution in [2.45, 2.75) is 24.7 Å². The van der Waals surface area contributed by atoms with Crippen LogP contribution in [0, 0.1) is 0 Å². The number of sulfonamides is 1. The molecule has 0 aromatic heterocycles. The van der Waals surface area contributed by atoms with Gasteiger partial charge in [-0.05, 0) is 37.6 Å². The van der Waals surface area contributed by atoms with E-state index in [0.717, 1.165) is 6.42 Å². The lowest BCUT2D eigenvalue weighted by Gasteiger charge is -2.20. The van der Waals surface area contributed by atoms with Gasteiger partial charge in [0.15, 0.2) is 0 Å². The minimum Gasteiger partial charge on any atom is -0.494 e. The van der Waals surface area contributed by atoms with Crippen LogP contribution < -0.4 is 19.1 Å². The van der Waals surface area contributed by atoms with Crippen molar-refractivity contribution in [1.82, 2.24) is 0 Å². The van der Waals surface area contributed by atoms with Gasteiger partial charge >= 0.3 is 0 Å². The van der Waals surface area contributed by atoms with E-state index in [-0.39, 0.29) is 10.8 Å². The van der Waals surface area contributed by atoms with Crippen LogP contribution in [0.1, 0.15) is 19.8 Å². The van der Waals surface area contributed by atoms with Gasteiger partial charge in [-0.1, -0.05) is 12.1 Å². The monoisotopic (exact) mass is 390 g/mol. The average molecular weight is 390 g/mol.